The van der Waals surface area contributed by atoms with Crippen molar-refractivity contribution in [2.45, 2.75) is 18.4 Å². The van der Waals surface area contributed by atoms with Gasteiger partial charge in [-0.1, -0.05) is 36.4 Å². The molecule has 2 aromatic carbocycles. The van der Waals surface area contributed by atoms with E-state index in [0.29, 0.717) is 45.0 Å². The van der Waals surface area contributed by atoms with E-state index in [-0.39, 0.29) is 10.8 Å². The third-order valence-corrected chi connectivity index (χ3v) is 6.47. The van der Waals surface area contributed by atoms with Gasteiger partial charge in [-0.3, -0.25) is 4.79 Å². The highest BCUT2D eigenvalue weighted by Gasteiger charge is 2.27. The van der Waals surface area contributed by atoms with Crippen molar-refractivity contribution in [2.24, 2.45) is 0 Å². The van der Waals surface area contributed by atoms with Crippen LogP contribution in [0, 0.1) is 0 Å². The van der Waals surface area contributed by atoms with Crippen LogP contribution in [-0.2, 0) is 21.3 Å². The summed E-state index contributed by atoms with van der Waals surface area (Å²) >= 11 is 0. The maximum atomic E-state index is 12.9. The molecule has 144 valence electrons. The van der Waals surface area contributed by atoms with Crippen LogP contribution >= 0.6 is 0 Å². The van der Waals surface area contributed by atoms with Crippen LogP contribution in [0.25, 0.3) is 0 Å². The zero-order chi connectivity index (χ0) is 19.3. The van der Waals surface area contributed by atoms with E-state index in [2.05, 4.69) is 0 Å². The molecule has 1 aliphatic heterocycles. The normalized spacial score (nSPS) is 15.4. The number of ether oxygens (including phenoxy) is 1. The van der Waals surface area contributed by atoms with Crippen molar-refractivity contribution in [3.05, 3.63) is 65.7 Å². The van der Waals surface area contributed by atoms with Crippen LogP contribution in [0.3, 0.4) is 0 Å². The van der Waals surface area contributed by atoms with Crippen molar-refractivity contribution < 1.29 is 17.9 Å². The Balaban J connectivity index is 1.82. The molecule has 0 saturated carbocycles. The van der Waals surface area contributed by atoms with Crippen LogP contribution < -0.4 is 0 Å². The first-order chi connectivity index (χ1) is 13.0. The Labute approximate surface area is 160 Å². The van der Waals surface area contributed by atoms with Gasteiger partial charge < -0.3 is 9.64 Å². The van der Waals surface area contributed by atoms with Gasteiger partial charge in [0, 0.05) is 31.7 Å². The maximum absolute atomic E-state index is 12.9. The van der Waals surface area contributed by atoms with Crippen LogP contribution in [0.15, 0.2) is 59.5 Å². The van der Waals surface area contributed by atoms with Crippen LogP contribution in [0.5, 0.6) is 0 Å². The van der Waals surface area contributed by atoms with Crippen molar-refractivity contribution in [1.29, 1.82) is 0 Å². The molecule has 1 amide bonds. The van der Waals surface area contributed by atoms with Gasteiger partial charge in [0.2, 0.25) is 10.0 Å². The molecule has 1 heterocycles. The van der Waals surface area contributed by atoms with Crippen molar-refractivity contribution >= 4 is 15.9 Å². The zero-order valence-corrected chi connectivity index (χ0v) is 16.2. The average molecular weight is 388 g/mol. The number of benzene rings is 2. The van der Waals surface area contributed by atoms with Crippen molar-refractivity contribution in [3.8, 4) is 0 Å². The lowest BCUT2D eigenvalue weighted by atomic mass is 10.1. The summed E-state index contributed by atoms with van der Waals surface area (Å²) in [4.78, 5) is 14.8. The molecular formula is C20H24N2O4S. The highest BCUT2D eigenvalue weighted by atomic mass is 32.2. The van der Waals surface area contributed by atoms with Gasteiger partial charge in [-0.25, -0.2) is 8.42 Å². The number of rotatable bonds is 6. The van der Waals surface area contributed by atoms with Gasteiger partial charge in [-0.2, -0.15) is 4.31 Å². The number of sulfonamides is 1. The first kappa shape index (κ1) is 19.5. The summed E-state index contributed by atoms with van der Waals surface area (Å²) in [5, 5.41) is 0. The van der Waals surface area contributed by atoms with Gasteiger partial charge in [0.25, 0.3) is 5.91 Å². The first-order valence-corrected chi connectivity index (χ1v) is 10.5. The minimum absolute atomic E-state index is 0.144. The fraction of sp³-hybridized carbons (Fsp3) is 0.350. The highest BCUT2D eigenvalue weighted by molar-refractivity contribution is 7.89. The quantitative estimate of drug-likeness (QED) is 0.762. The topological polar surface area (TPSA) is 66.9 Å². The lowest BCUT2D eigenvalue weighted by molar-refractivity contribution is 0.0729. The van der Waals surface area contributed by atoms with Crippen LogP contribution in [0.2, 0.25) is 0 Å². The molecule has 0 radical (unpaired) electrons. The molecule has 0 spiro atoms. The predicted molar refractivity (Wildman–Crippen MR) is 103 cm³/mol. The van der Waals surface area contributed by atoms with Gasteiger partial charge in [-0.15, -0.1) is 0 Å². The van der Waals surface area contributed by atoms with Crippen molar-refractivity contribution in [1.82, 2.24) is 9.21 Å². The third-order valence-electron chi connectivity index (χ3n) is 4.57. The summed E-state index contributed by atoms with van der Waals surface area (Å²) < 4.78 is 32.3. The summed E-state index contributed by atoms with van der Waals surface area (Å²) in [6, 6.07) is 16.0. The summed E-state index contributed by atoms with van der Waals surface area (Å²) in [6.45, 7) is 4.36. The standard InChI is InChI=1S/C20H24N2O4S/c1-2-21(16-17-7-4-3-5-8-17)20(23)18-9-6-10-19(15-18)27(24,25)22-11-13-26-14-12-22/h3-10,15H,2,11-14,16H2,1H3. The molecule has 27 heavy (non-hydrogen) atoms. The molecule has 0 bridgehead atoms. The molecule has 0 unspecified atom stereocenters. The van der Waals surface area contributed by atoms with E-state index in [1.54, 1.807) is 17.0 Å². The molecule has 0 aromatic heterocycles. The van der Waals surface area contributed by atoms with Crippen LogP contribution in [0.1, 0.15) is 22.8 Å². The molecular weight excluding hydrogens is 364 g/mol. The number of amides is 1. The molecule has 0 N–H and O–H groups in total. The van der Waals surface area contributed by atoms with E-state index < -0.39 is 10.0 Å². The van der Waals surface area contributed by atoms with Gasteiger partial charge in [0.1, 0.15) is 0 Å². The fourth-order valence-corrected chi connectivity index (χ4v) is 4.49. The van der Waals surface area contributed by atoms with E-state index in [4.69, 9.17) is 4.74 Å². The SMILES string of the molecule is CCN(Cc1ccccc1)C(=O)c1cccc(S(=O)(=O)N2CCOCC2)c1. The van der Waals surface area contributed by atoms with E-state index in [0.717, 1.165) is 5.56 Å². The summed E-state index contributed by atoms with van der Waals surface area (Å²) in [7, 11) is -3.63. The number of carbonyl (C=O) groups excluding carboxylic acids is 1. The fourth-order valence-electron chi connectivity index (χ4n) is 3.04. The number of morpholine rings is 1. The maximum Gasteiger partial charge on any atom is 0.254 e. The molecule has 1 fully saturated rings. The molecule has 1 aliphatic rings. The lowest BCUT2D eigenvalue weighted by Crippen LogP contribution is -2.40. The average Bonchev–Trinajstić information content (AvgIpc) is 2.73. The van der Waals surface area contributed by atoms with E-state index in [1.807, 2.05) is 37.3 Å². The minimum atomic E-state index is -3.63. The smallest absolute Gasteiger partial charge is 0.254 e. The summed E-state index contributed by atoms with van der Waals surface area (Å²) in [5.41, 5.74) is 1.41. The Morgan fingerprint density at radius 1 is 1.07 bits per heavy atom. The van der Waals surface area contributed by atoms with Gasteiger partial charge >= 0.3 is 0 Å². The second-order valence-electron chi connectivity index (χ2n) is 6.35. The van der Waals surface area contributed by atoms with E-state index in [9.17, 15) is 13.2 Å². The molecule has 2 aromatic rings. The molecule has 1 saturated heterocycles. The highest BCUT2D eigenvalue weighted by Crippen LogP contribution is 2.19. The second-order valence-corrected chi connectivity index (χ2v) is 8.29. The Morgan fingerprint density at radius 3 is 2.44 bits per heavy atom. The van der Waals surface area contributed by atoms with Gasteiger partial charge in [0.15, 0.2) is 0 Å². The Hall–Kier alpha value is -2.22. The van der Waals surface area contributed by atoms with Gasteiger partial charge in [0.05, 0.1) is 18.1 Å². The van der Waals surface area contributed by atoms with Gasteiger partial charge in [-0.05, 0) is 30.7 Å². The Kier molecular flexibility index (Phi) is 6.26. The number of nitrogens with zero attached hydrogens (tertiary/aromatic N) is 2. The summed E-state index contributed by atoms with van der Waals surface area (Å²) in [5.74, 6) is -0.180. The molecule has 6 nitrogen and oxygen atoms in total. The van der Waals surface area contributed by atoms with E-state index in [1.165, 1.54) is 16.4 Å². The van der Waals surface area contributed by atoms with Crippen molar-refractivity contribution in [3.63, 3.8) is 0 Å². The first-order valence-electron chi connectivity index (χ1n) is 9.03. The molecule has 7 heteroatoms. The molecule has 0 atom stereocenters. The number of carbonyl (C=O) groups is 1. The monoisotopic (exact) mass is 388 g/mol. The lowest BCUT2D eigenvalue weighted by Gasteiger charge is -2.26. The second kappa shape index (κ2) is 8.65. The number of hydrogen-bond donors (Lipinski definition) is 0. The Morgan fingerprint density at radius 2 is 1.78 bits per heavy atom. The minimum Gasteiger partial charge on any atom is -0.379 e. The molecule has 3 rings (SSSR count). The third kappa shape index (κ3) is 4.55. The molecule has 0 aliphatic carbocycles. The number of hydrogen-bond acceptors (Lipinski definition) is 4. The van der Waals surface area contributed by atoms with E-state index >= 15 is 0 Å². The largest absolute Gasteiger partial charge is 0.379 e. The zero-order valence-electron chi connectivity index (χ0n) is 15.4. The summed E-state index contributed by atoms with van der Waals surface area (Å²) in [6.07, 6.45) is 0. The van der Waals surface area contributed by atoms with Crippen molar-refractivity contribution in [2.75, 3.05) is 32.8 Å². The van der Waals surface area contributed by atoms with Crippen LogP contribution in [-0.4, -0.2) is 56.4 Å². The predicted octanol–water partition coefficient (Wildman–Crippen LogP) is 2.37. The Bertz CT molecular complexity index is 878. The van der Waals surface area contributed by atoms with Crippen LogP contribution in [0.4, 0.5) is 0 Å².